The fourth-order valence-corrected chi connectivity index (χ4v) is 6.40. The molecule has 33 heavy (non-hydrogen) atoms. The molecular weight excluding hydrogens is 456 g/mol. The number of carbonyl (C=O) groups excluding carboxylic acids is 1. The van der Waals surface area contributed by atoms with Crippen LogP contribution in [0.25, 0.3) is 0 Å². The number of amides is 1. The minimum absolute atomic E-state index is 0.0443. The van der Waals surface area contributed by atoms with Crippen LogP contribution in [0.1, 0.15) is 35.6 Å². The highest BCUT2D eigenvalue weighted by Gasteiger charge is 2.30. The molecule has 0 bridgehead atoms. The number of anilines is 1. The highest BCUT2D eigenvalue weighted by Crippen LogP contribution is 2.33. The van der Waals surface area contributed by atoms with Crippen molar-refractivity contribution in [2.24, 2.45) is 0 Å². The zero-order chi connectivity index (χ0) is 23.6. The molecule has 0 aliphatic carbocycles. The van der Waals surface area contributed by atoms with Crippen LogP contribution in [0.2, 0.25) is 0 Å². The molecule has 1 aliphatic rings. The summed E-state index contributed by atoms with van der Waals surface area (Å²) in [6.07, 6.45) is 1.93. The van der Waals surface area contributed by atoms with Crippen LogP contribution in [-0.2, 0) is 14.8 Å². The highest BCUT2D eigenvalue weighted by molar-refractivity contribution is 7.94. The Bertz CT molecular complexity index is 1220. The smallest absolute Gasteiger partial charge is 0.273 e. The predicted octanol–water partition coefficient (Wildman–Crippen LogP) is 4.93. The van der Waals surface area contributed by atoms with E-state index in [9.17, 15) is 13.2 Å². The van der Waals surface area contributed by atoms with Crippen LogP contribution in [-0.4, -0.2) is 39.4 Å². The average Bonchev–Trinajstić information content (AvgIpc) is 3.52. The number of benzene rings is 2. The Hall–Kier alpha value is -2.84. The van der Waals surface area contributed by atoms with Gasteiger partial charge in [0.15, 0.2) is 6.61 Å². The number of carbonyl (C=O) groups is 1. The van der Waals surface area contributed by atoms with E-state index in [0.29, 0.717) is 15.6 Å². The van der Waals surface area contributed by atoms with Crippen LogP contribution < -0.4 is 9.04 Å². The Morgan fingerprint density at radius 2 is 1.88 bits per heavy atom. The molecule has 1 saturated heterocycles. The summed E-state index contributed by atoms with van der Waals surface area (Å²) in [5.41, 5.74) is 4.17. The number of hydrogen-bond donors (Lipinski definition) is 0. The van der Waals surface area contributed by atoms with Crippen molar-refractivity contribution in [2.45, 2.75) is 36.9 Å². The summed E-state index contributed by atoms with van der Waals surface area (Å²) in [5.74, 6) is 0.480. The van der Waals surface area contributed by atoms with E-state index in [2.05, 4.69) is 32.0 Å². The van der Waals surface area contributed by atoms with E-state index in [4.69, 9.17) is 4.74 Å². The molecule has 8 heteroatoms. The minimum atomic E-state index is -3.59. The van der Waals surface area contributed by atoms with Crippen molar-refractivity contribution >= 4 is 33.0 Å². The third-order valence-corrected chi connectivity index (χ3v) is 9.32. The third kappa shape index (κ3) is 4.91. The maximum absolute atomic E-state index is 12.9. The second-order valence-electron chi connectivity index (χ2n) is 8.28. The van der Waals surface area contributed by atoms with Gasteiger partial charge in [0.2, 0.25) is 0 Å². The van der Waals surface area contributed by atoms with Gasteiger partial charge in [0.05, 0.1) is 11.7 Å². The molecule has 3 aromatic rings. The summed E-state index contributed by atoms with van der Waals surface area (Å²) in [7, 11) is -2.06. The number of thiophene rings is 1. The normalized spacial score (nSPS) is 16.1. The third-order valence-electron chi connectivity index (χ3n) is 6.16. The molecule has 0 radical (unpaired) electrons. The van der Waals surface area contributed by atoms with Gasteiger partial charge in [0.1, 0.15) is 9.96 Å². The first-order valence-electron chi connectivity index (χ1n) is 10.9. The molecule has 1 unspecified atom stereocenters. The molecule has 0 N–H and O–H groups in total. The summed E-state index contributed by atoms with van der Waals surface area (Å²) in [6, 6.07) is 16.5. The first-order chi connectivity index (χ1) is 15.8. The molecule has 2 heterocycles. The van der Waals surface area contributed by atoms with Crippen molar-refractivity contribution in [3.63, 3.8) is 0 Å². The van der Waals surface area contributed by atoms with Crippen LogP contribution in [0.4, 0.5) is 5.69 Å². The largest absolute Gasteiger partial charge is 0.484 e. The average molecular weight is 485 g/mol. The second kappa shape index (κ2) is 9.57. The van der Waals surface area contributed by atoms with Gasteiger partial charge in [-0.05, 0) is 79.1 Å². The second-order valence-corrected chi connectivity index (χ2v) is 11.4. The van der Waals surface area contributed by atoms with Crippen molar-refractivity contribution < 1.29 is 17.9 Å². The fourth-order valence-electron chi connectivity index (χ4n) is 4.05. The Kier molecular flexibility index (Phi) is 6.76. The lowest BCUT2D eigenvalue weighted by Gasteiger charge is -2.25. The SMILES string of the molecule is Cc1ccc(C2CCCN2C(=O)COc2ccc(N(C)S(=O)(=O)c3cccs3)cc2)cc1C. The van der Waals surface area contributed by atoms with E-state index in [1.54, 1.807) is 41.8 Å². The van der Waals surface area contributed by atoms with Gasteiger partial charge in [-0.2, -0.15) is 0 Å². The lowest BCUT2D eigenvalue weighted by Crippen LogP contribution is -2.34. The zero-order valence-corrected chi connectivity index (χ0v) is 20.7. The molecule has 1 atom stereocenters. The summed E-state index contributed by atoms with van der Waals surface area (Å²) in [5, 5.41) is 1.74. The Labute approximate surface area is 199 Å². The molecule has 1 amide bonds. The summed E-state index contributed by atoms with van der Waals surface area (Å²) >= 11 is 1.18. The number of aryl methyl sites for hydroxylation is 2. The van der Waals surface area contributed by atoms with Gasteiger partial charge in [-0.1, -0.05) is 24.3 Å². The number of sulfonamides is 1. The van der Waals surface area contributed by atoms with Crippen molar-refractivity contribution in [3.8, 4) is 5.75 Å². The van der Waals surface area contributed by atoms with Gasteiger partial charge in [0.25, 0.3) is 15.9 Å². The van der Waals surface area contributed by atoms with E-state index < -0.39 is 10.0 Å². The number of likely N-dealkylation sites (tertiary alicyclic amines) is 1. The maximum atomic E-state index is 12.9. The minimum Gasteiger partial charge on any atom is -0.484 e. The monoisotopic (exact) mass is 484 g/mol. The van der Waals surface area contributed by atoms with Gasteiger partial charge < -0.3 is 9.64 Å². The Balaban J connectivity index is 1.39. The van der Waals surface area contributed by atoms with E-state index in [-0.39, 0.29) is 18.6 Å². The first-order valence-corrected chi connectivity index (χ1v) is 13.2. The maximum Gasteiger partial charge on any atom is 0.273 e. The van der Waals surface area contributed by atoms with Crippen molar-refractivity contribution in [1.82, 2.24) is 4.90 Å². The molecule has 0 spiro atoms. The Morgan fingerprint density at radius 1 is 1.12 bits per heavy atom. The van der Waals surface area contributed by atoms with Gasteiger partial charge in [-0.3, -0.25) is 9.10 Å². The van der Waals surface area contributed by atoms with Gasteiger partial charge in [0, 0.05) is 13.6 Å². The van der Waals surface area contributed by atoms with Crippen LogP contribution in [0.3, 0.4) is 0 Å². The molecule has 2 aromatic carbocycles. The highest BCUT2D eigenvalue weighted by atomic mass is 32.2. The molecule has 1 aromatic heterocycles. The van der Waals surface area contributed by atoms with Gasteiger partial charge in [-0.15, -0.1) is 11.3 Å². The van der Waals surface area contributed by atoms with Crippen molar-refractivity contribution in [3.05, 3.63) is 76.7 Å². The van der Waals surface area contributed by atoms with Crippen LogP contribution in [0, 0.1) is 13.8 Å². The lowest BCUT2D eigenvalue weighted by molar-refractivity contribution is -0.134. The summed E-state index contributed by atoms with van der Waals surface area (Å²) in [6.45, 7) is 4.86. The van der Waals surface area contributed by atoms with E-state index in [1.165, 1.54) is 39.4 Å². The van der Waals surface area contributed by atoms with Crippen LogP contribution >= 0.6 is 11.3 Å². The molecular formula is C25H28N2O4S2. The summed E-state index contributed by atoms with van der Waals surface area (Å²) < 4.78 is 32.6. The number of rotatable bonds is 7. The Morgan fingerprint density at radius 3 is 2.55 bits per heavy atom. The quantitative estimate of drug-likeness (QED) is 0.477. The molecule has 6 nitrogen and oxygen atoms in total. The lowest BCUT2D eigenvalue weighted by atomic mass is 9.99. The van der Waals surface area contributed by atoms with Gasteiger partial charge >= 0.3 is 0 Å². The molecule has 174 valence electrons. The van der Waals surface area contributed by atoms with E-state index >= 15 is 0 Å². The van der Waals surface area contributed by atoms with Gasteiger partial charge in [-0.25, -0.2) is 8.42 Å². The number of nitrogens with zero attached hydrogens (tertiary/aromatic N) is 2. The predicted molar refractivity (Wildman–Crippen MR) is 131 cm³/mol. The number of ether oxygens (including phenoxy) is 1. The fraction of sp³-hybridized carbons (Fsp3) is 0.320. The first kappa shape index (κ1) is 23.3. The molecule has 4 rings (SSSR count). The van der Waals surface area contributed by atoms with E-state index in [1.807, 2.05) is 4.90 Å². The number of hydrogen-bond acceptors (Lipinski definition) is 5. The van der Waals surface area contributed by atoms with Crippen molar-refractivity contribution in [1.29, 1.82) is 0 Å². The van der Waals surface area contributed by atoms with Crippen LogP contribution in [0.15, 0.2) is 64.2 Å². The molecule has 0 saturated carbocycles. The van der Waals surface area contributed by atoms with Crippen LogP contribution in [0.5, 0.6) is 5.75 Å². The summed E-state index contributed by atoms with van der Waals surface area (Å²) in [4.78, 5) is 14.8. The van der Waals surface area contributed by atoms with Crippen molar-refractivity contribution in [2.75, 3.05) is 24.5 Å². The standard InChI is InChI=1S/C25H28N2O4S2/c1-18-8-9-20(16-19(18)2)23-6-4-14-27(23)24(28)17-31-22-12-10-21(11-13-22)26(3)33(29,30)25-7-5-15-32-25/h5,7-13,15-16,23H,4,6,14,17H2,1-3H3. The molecule has 1 aliphatic heterocycles. The zero-order valence-electron chi connectivity index (χ0n) is 19.0. The molecule has 1 fully saturated rings. The van der Waals surface area contributed by atoms with E-state index in [0.717, 1.165) is 19.4 Å². The topological polar surface area (TPSA) is 66.9 Å².